The molecule has 0 spiro atoms. The van der Waals surface area contributed by atoms with Crippen molar-refractivity contribution >= 4 is 33.3 Å². The molecule has 34 heavy (non-hydrogen) atoms. The Morgan fingerprint density at radius 2 is 1.71 bits per heavy atom. The summed E-state index contributed by atoms with van der Waals surface area (Å²) in [5, 5.41) is 15.7. The standard InChI is InChI=1S/C23H24N4O6S/c1-15-5-9-20(16(2)11-15)26-34(30,31)19-8-10-21(22(13-19)27(28)29)25-24-14-17-6-7-18(32-3)12-23(17)33-4/h5-14,25-26H,1-4H3/b24-14-. The summed E-state index contributed by atoms with van der Waals surface area (Å²) in [5.41, 5.74) is 4.90. The molecule has 10 nitrogen and oxygen atoms in total. The van der Waals surface area contributed by atoms with Gasteiger partial charge in [0.1, 0.15) is 17.2 Å². The van der Waals surface area contributed by atoms with Crippen LogP contribution in [0.15, 0.2) is 64.6 Å². The van der Waals surface area contributed by atoms with E-state index in [1.165, 1.54) is 32.6 Å². The van der Waals surface area contributed by atoms with E-state index in [4.69, 9.17) is 9.47 Å². The molecule has 0 aliphatic carbocycles. The zero-order valence-corrected chi connectivity index (χ0v) is 19.8. The topological polar surface area (TPSA) is 132 Å². The predicted octanol–water partition coefficient (Wildman–Crippen LogP) is 4.48. The summed E-state index contributed by atoms with van der Waals surface area (Å²) in [7, 11) is -1.02. The Balaban J connectivity index is 1.86. The minimum absolute atomic E-state index is 0.0270. The van der Waals surface area contributed by atoms with Gasteiger partial charge >= 0.3 is 0 Å². The number of rotatable bonds is 9. The van der Waals surface area contributed by atoms with Gasteiger partial charge in [-0.2, -0.15) is 5.10 Å². The maximum atomic E-state index is 12.8. The van der Waals surface area contributed by atoms with Gasteiger partial charge in [0, 0.05) is 17.7 Å². The number of aryl methyl sites for hydroxylation is 2. The Hall–Kier alpha value is -4.12. The quantitative estimate of drug-likeness (QED) is 0.260. The van der Waals surface area contributed by atoms with Gasteiger partial charge in [-0.25, -0.2) is 8.42 Å². The summed E-state index contributed by atoms with van der Waals surface area (Å²) < 4.78 is 38.6. The molecule has 0 saturated heterocycles. The molecule has 0 radical (unpaired) electrons. The minimum atomic E-state index is -4.05. The van der Waals surface area contributed by atoms with Crippen LogP contribution in [-0.4, -0.2) is 33.8 Å². The molecule has 178 valence electrons. The Labute approximate surface area is 197 Å². The maximum absolute atomic E-state index is 12.8. The molecule has 0 aromatic heterocycles. The predicted molar refractivity (Wildman–Crippen MR) is 131 cm³/mol. The van der Waals surface area contributed by atoms with Crippen LogP contribution in [0.4, 0.5) is 17.1 Å². The molecule has 3 aromatic rings. The van der Waals surface area contributed by atoms with Gasteiger partial charge in [-0.05, 0) is 49.7 Å². The fourth-order valence-corrected chi connectivity index (χ4v) is 4.30. The Kier molecular flexibility index (Phi) is 7.37. The van der Waals surface area contributed by atoms with Crippen LogP contribution in [-0.2, 0) is 10.0 Å². The van der Waals surface area contributed by atoms with Crippen LogP contribution in [0, 0.1) is 24.0 Å². The number of hydrogen-bond acceptors (Lipinski definition) is 8. The summed E-state index contributed by atoms with van der Waals surface area (Å²) in [5.74, 6) is 1.10. The van der Waals surface area contributed by atoms with Gasteiger partial charge < -0.3 is 9.47 Å². The van der Waals surface area contributed by atoms with Crippen molar-refractivity contribution < 1.29 is 22.8 Å². The van der Waals surface area contributed by atoms with Gasteiger partial charge in [0.05, 0.1) is 35.9 Å². The molecule has 3 rings (SSSR count). The SMILES string of the molecule is COc1ccc(/C=N\Nc2ccc(S(=O)(=O)Nc3ccc(C)cc3C)cc2[N+](=O)[O-])c(OC)c1. The van der Waals surface area contributed by atoms with Crippen LogP contribution in [0.1, 0.15) is 16.7 Å². The number of hydrogen-bond donors (Lipinski definition) is 2. The number of hydrazone groups is 1. The fourth-order valence-electron chi connectivity index (χ4n) is 3.15. The lowest BCUT2D eigenvalue weighted by Crippen LogP contribution is -2.14. The molecular weight excluding hydrogens is 460 g/mol. The largest absolute Gasteiger partial charge is 0.497 e. The number of nitro benzene ring substituents is 1. The van der Waals surface area contributed by atoms with E-state index in [1.54, 1.807) is 37.3 Å². The highest BCUT2D eigenvalue weighted by atomic mass is 32.2. The second-order valence-electron chi connectivity index (χ2n) is 7.34. The third-order valence-electron chi connectivity index (χ3n) is 4.93. The van der Waals surface area contributed by atoms with E-state index < -0.39 is 20.6 Å². The molecule has 0 aliphatic rings. The molecule has 0 aliphatic heterocycles. The van der Waals surface area contributed by atoms with Gasteiger partial charge in [0.15, 0.2) is 0 Å². The minimum Gasteiger partial charge on any atom is -0.497 e. The van der Waals surface area contributed by atoms with Crippen LogP contribution in [0.3, 0.4) is 0 Å². The molecule has 0 atom stereocenters. The first-order valence-corrected chi connectivity index (χ1v) is 11.5. The van der Waals surface area contributed by atoms with Gasteiger partial charge in [0.2, 0.25) is 0 Å². The van der Waals surface area contributed by atoms with Crippen molar-refractivity contribution in [1.29, 1.82) is 0 Å². The zero-order valence-electron chi connectivity index (χ0n) is 19.0. The van der Waals surface area contributed by atoms with Crippen molar-refractivity contribution in [3.63, 3.8) is 0 Å². The van der Waals surface area contributed by atoms with Crippen molar-refractivity contribution in [1.82, 2.24) is 0 Å². The monoisotopic (exact) mass is 484 g/mol. The van der Waals surface area contributed by atoms with E-state index in [9.17, 15) is 18.5 Å². The smallest absolute Gasteiger partial charge is 0.295 e. The van der Waals surface area contributed by atoms with Gasteiger partial charge in [-0.1, -0.05) is 17.7 Å². The number of benzene rings is 3. The summed E-state index contributed by atoms with van der Waals surface area (Å²) >= 11 is 0. The van der Waals surface area contributed by atoms with Gasteiger partial charge in [-0.15, -0.1) is 0 Å². The van der Waals surface area contributed by atoms with Crippen molar-refractivity contribution in [2.24, 2.45) is 5.10 Å². The van der Waals surface area contributed by atoms with Gasteiger partial charge in [0.25, 0.3) is 15.7 Å². The molecule has 0 amide bonds. The van der Waals surface area contributed by atoms with Crippen molar-refractivity contribution in [3.05, 3.63) is 81.4 Å². The first-order chi connectivity index (χ1) is 16.1. The first-order valence-electron chi connectivity index (χ1n) is 10.0. The number of nitrogens with one attached hydrogen (secondary N) is 2. The lowest BCUT2D eigenvalue weighted by Gasteiger charge is -2.12. The van der Waals surface area contributed by atoms with Crippen LogP contribution in [0.5, 0.6) is 11.5 Å². The average molecular weight is 485 g/mol. The van der Waals surface area contributed by atoms with Crippen molar-refractivity contribution in [3.8, 4) is 11.5 Å². The Bertz CT molecular complexity index is 1360. The molecule has 2 N–H and O–H groups in total. The third kappa shape index (κ3) is 5.62. The van der Waals surface area contributed by atoms with E-state index in [1.807, 2.05) is 13.0 Å². The lowest BCUT2D eigenvalue weighted by atomic mass is 10.1. The highest BCUT2D eigenvalue weighted by molar-refractivity contribution is 7.92. The number of nitro groups is 1. The number of anilines is 2. The molecule has 0 bridgehead atoms. The fraction of sp³-hybridized carbons (Fsp3) is 0.174. The molecular formula is C23H24N4O6S. The van der Waals surface area contributed by atoms with E-state index >= 15 is 0 Å². The van der Waals surface area contributed by atoms with Crippen molar-refractivity contribution in [2.75, 3.05) is 24.4 Å². The summed E-state index contributed by atoms with van der Waals surface area (Å²) in [6.45, 7) is 3.67. The molecule has 11 heteroatoms. The lowest BCUT2D eigenvalue weighted by molar-refractivity contribution is -0.384. The number of ether oxygens (including phenoxy) is 2. The van der Waals surface area contributed by atoms with Crippen LogP contribution in [0.25, 0.3) is 0 Å². The molecule has 0 saturated carbocycles. The first kappa shape index (κ1) is 24.5. The Morgan fingerprint density at radius 1 is 0.971 bits per heavy atom. The van der Waals surface area contributed by atoms with Crippen LogP contribution < -0.4 is 19.6 Å². The third-order valence-corrected chi connectivity index (χ3v) is 6.29. The number of sulfonamides is 1. The Morgan fingerprint density at radius 3 is 2.35 bits per heavy atom. The summed E-state index contributed by atoms with van der Waals surface area (Å²) in [6.07, 6.45) is 1.42. The zero-order chi connectivity index (χ0) is 24.9. The van der Waals surface area contributed by atoms with E-state index in [0.717, 1.165) is 17.2 Å². The van der Waals surface area contributed by atoms with Crippen LogP contribution >= 0.6 is 0 Å². The van der Waals surface area contributed by atoms with Crippen molar-refractivity contribution in [2.45, 2.75) is 18.7 Å². The van der Waals surface area contributed by atoms with E-state index in [-0.39, 0.29) is 10.6 Å². The van der Waals surface area contributed by atoms with Gasteiger partial charge in [-0.3, -0.25) is 20.3 Å². The molecule has 0 heterocycles. The summed E-state index contributed by atoms with van der Waals surface area (Å²) in [6, 6.07) is 13.9. The molecule has 0 fully saturated rings. The highest BCUT2D eigenvalue weighted by Crippen LogP contribution is 2.29. The number of nitrogens with zero attached hydrogens (tertiary/aromatic N) is 2. The second kappa shape index (κ2) is 10.2. The second-order valence-corrected chi connectivity index (χ2v) is 9.02. The maximum Gasteiger partial charge on any atom is 0.295 e. The molecule has 0 unspecified atom stereocenters. The number of methoxy groups -OCH3 is 2. The molecule has 3 aromatic carbocycles. The normalized spacial score (nSPS) is 11.3. The van der Waals surface area contributed by atoms with E-state index in [0.29, 0.717) is 22.7 Å². The average Bonchev–Trinajstić information content (AvgIpc) is 2.81. The summed E-state index contributed by atoms with van der Waals surface area (Å²) in [4.78, 5) is 10.7. The van der Waals surface area contributed by atoms with Crippen LogP contribution in [0.2, 0.25) is 0 Å². The highest BCUT2D eigenvalue weighted by Gasteiger charge is 2.22. The van der Waals surface area contributed by atoms with E-state index in [2.05, 4.69) is 15.2 Å².